The van der Waals surface area contributed by atoms with Gasteiger partial charge in [-0.25, -0.2) is 8.42 Å². The molecule has 8 nitrogen and oxygen atoms in total. The molecule has 0 aliphatic carbocycles. The number of carbonyl (C=O) groups is 2. The number of carbonyl (C=O) groups excluding carboxylic acids is 2. The highest BCUT2D eigenvalue weighted by atomic mass is 35.5. The highest BCUT2D eigenvalue weighted by Crippen LogP contribution is 2.35. The molecule has 0 spiro atoms. The van der Waals surface area contributed by atoms with Gasteiger partial charge in [-0.15, -0.1) is 0 Å². The second-order valence-electron chi connectivity index (χ2n) is 11.2. The lowest BCUT2D eigenvalue weighted by Gasteiger charge is -2.34. The number of hydrogen-bond acceptors (Lipinski definition) is 5. The second kappa shape index (κ2) is 16.4. The predicted molar refractivity (Wildman–Crippen MR) is 188 cm³/mol. The molecule has 47 heavy (non-hydrogen) atoms. The molecule has 248 valence electrons. The third kappa shape index (κ3) is 9.41. The maximum absolute atomic E-state index is 14.6. The highest BCUT2D eigenvalue weighted by Gasteiger charge is 2.36. The Kier molecular flexibility index (Phi) is 12.6. The highest BCUT2D eigenvalue weighted by molar-refractivity contribution is 7.92. The van der Waals surface area contributed by atoms with Crippen molar-refractivity contribution in [2.24, 2.45) is 5.92 Å². The molecule has 4 rings (SSSR count). The first-order chi connectivity index (χ1) is 22.4. The van der Waals surface area contributed by atoms with Gasteiger partial charge in [0.1, 0.15) is 18.3 Å². The van der Waals surface area contributed by atoms with Gasteiger partial charge in [0.2, 0.25) is 11.8 Å². The minimum atomic E-state index is -4.34. The summed E-state index contributed by atoms with van der Waals surface area (Å²) in [6.07, 6.45) is 0.160. The zero-order chi connectivity index (χ0) is 34.1. The van der Waals surface area contributed by atoms with Gasteiger partial charge in [0.15, 0.2) is 0 Å². The molecule has 4 aromatic carbocycles. The summed E-state index contributed by atoms with van der Waals surface area (Å²) in [7, 11) is -2.95. The van der Waals surface area contributed by atoms with Crippen molar-refractivity contribution in [3.8, 4) is 5.75 Å². The van der Waals surface area contributed by atoms with Crippen LogP contribution in [0, 0.1) is 5.92 Å². The van der Waals surface area contributed by atoms with E-state index in [0.29, 0.717) is 22.2 Å². The number of methoxy groups -OCH3 is 1. The van der Waals surface area contributed by atoms with E-state index >= 15 is 0 Å². The van der Waals surface area contributed by atoms with E-state index in [1.54, 1.807) is 42.5 Å². The van der Waals surface area contributed by atoms with E-state index in [9.17, 15) is 18.0 Å². The molecule has 0 bridgehead atoms. The van der Waals surface area contributed by atoms with Crippen LogP contribution in [0.2, 0.25) is 15.1 Å². The van der Waals surface area contributed by atoms with E-state index in [1.165, 1.54) is 36.3 Å². The monoisotopic (exact) mass is 715 g/mol. The van der Waals surface area contributed by atoms with Gasteiger partial charge in [-0.1, -0.05) is 103 Å². The van der Waals surface area contributed by atoms with Crippen molar-refractivity contribution in [1.29, 1.82) is 0 Å². The zero-order valence-electron chi connectivity index (χ0n) is 26.2. The molecule has 1 atom stereocenters. The molecule has 1 unspecified atom stereocenters. The van der Waals surface area contributed by atoms with Gasteiger partial charge >= 0.3 is 0 Å². The molecular weight excluding hydrogens is 681 g/mol. The molecule has 0 fully saturated rings. The molecule has 12 heteroatoms. The molecule has 0 saturated carbocycles. The number of hydrogen-bond donors (Lipinski definition) is 1. The summed E-state index contributed by atoms with van der Waals surface area (Å²) >= 11 is 19.1. The standard InChI is InChI=1S/C35H36Cl3N3O5S/c1-24(2)21-39-35(43)32(18-25-10-6-4-7-11-25)40(22-26-14-15-27(36)19-30(26)38)34(42)23-41(31-20-28(37)16-17-33(31)46-3)47(44,45)29-12-8-5-9-13-29/h4-17,19-20,24,32H,18,21-23H2,1-3H3,(H,39,43). The number of rotatable bonds is 14. The molecule has 0 aliphatic rings. The van der Waals surface area contributed by atoms with E-state index in [2.05, 4.69) is 5.32 Å². The number of ether oxygens (including phenoxy) is 1. The van der Waals surface area contributed by atoms with Crippen molar-refractivity contribution < 1.29 is 22.7 Å². The molecule has 0 saturated heterocycles. The Morgan fingerprint density at radius 2 is 1.47 bits per heavy atom. The van der Waals surface area contributed by atoms with Gasteiger partial charge in [-0.05, 0) is 59.5 Å². The molecule has 0 aliphatic heterocycles. The van der Waals surface area contributed by atoms with Crippen molar-refractivity contribution in [1.82, 2.24) is 10.2 Å². The first kappa shape index (κ1) is 36.1. The van der Waals surface area contributed by atoms with Gasteiger partial charge in [0, 0.05) is 34.6 Å². The van der Waals surface area contributed by atoms with Gasteiger partial charge in [-0.2, -0.15) is 0 Å². The number of nitrogens with zero attached hydrogens (tertiary/aromatic N) is 2. The summed E-state index contributed by atoms with van der Waals surface area (Å²) in [5.41, 5.74) is 1.39. The lowest BCUT2D eigenvalue weighted by atomic mass is 10.0. The van der Waals surface area contributed by atoms with Crippen LogP contribution in [0.25, 0.3) is 0 Å². The van der Waals surface area contributed by atoms with E-state index in [1.807, 2.05) is 44.2 Å². The van der Waals surface area contributed by atoms with Crippen LogP contribution in [-0.4, -0.2) is 51.4 Å². The Labute approximate surface area is 291 Å². The Morgan fingerprint density at radius 3 is 2.09 bits per heavy atom. The average Bonchev–Trinajstić information content (AvgIpc) is 3.05. The van der Waals surface area contributed by atoms with Crippen LogP contribution in [0.3, 0.4) is 0 Å². The summed E-state index contributed by atoms with van der Waals surface area (Å²) in [6.45, 7) is 3.53. The van der Waals surface area contributed by atoms with Crippen LogP contribution in [-0.2, 0) is 32.6 Å². The van der Waals surface area contributed by atoms with Crippen molar-refractivity contribution >= 4 is 62.3 Å². The summed E-state index contributed by atoms with van der Waals surface area (Å²) in [6, 6.07) is 25.4. The smallest absolute Gasteiger partial charge is 0.264 e. The fourth-order valence-electron chi connectivity index (χ4n) is 4.90. The number of halogens is 3. The third-order valence-corrected chi connectivity index (χ3v) is 9.93. The molecule has 0 aromatic heterocycles. The van der Waals surface area contributed by atoms with E-state index < -0.39 is 34.4 Å². The lowest BCUT2D eigenvalue weighted by molar-refractivity contribution is -0.140. The van der Waals surface area contributed by atoms with Crippen LogP contribution in [0.4, 0.5) is 5.69 Å². The fourth-order valence-corrected chi connectivity index (χ4v) is 6.97. The van der Waals surface area contributed by atoms with Gasteiger partial charge in [0.05, 0.1) is 17.7 Å². The third-order valence-electron chi connectivity index (χ3n) is 7.33. The molecule has 0 radical (unpaired) electrons. The van der Waals surface area contributed by atoms with Gasteiger partial charge < -0.3 is 15.0 Å². The van der Waals surface area contributed by atoms with Crippen molar-refractivity contribution in [3.05, 3.63) is 123 Å². The number of anilines is 1. The summed E-state index contributed by atoms with van der Waals surface area (Å²) in [5, 5.41) is 3.89. The maximum Gasteiger partial charge on any atom is 0.264 e. The first-order valence-corrected chi connectivity index (χ1v) is 17.4. The molecule has 1 N–H and O–H groups in total. The van der Waals surface area contributed by atoms with Gasteiger partial charge in [-0.3, -0.25) is 13.9 Å². The maximum atomic E-state index is 14.6. The SMILES string of the molecule is COc1ccc(Cl)cc1N(CC(=O)N(Cc1ccc(Cl)cc1Cl)C(Cc1ccccc1)C(=O)NCC(C)C)S(=O)(=O)c1ccccc1. The Balaban J connectivity index is 1.86. The van der Waals surface area contributed by atoms with Crippen molar-refractivity contribution in [2.45, 2.75) is 37.8 Å². The average molecular weight is 717 g/mol. The number of nitrogens with one attached hydrogen (secondary N) is 1. The van der Waals surface area contributed by atoms with E-state index in [4.69, 9.17) is 39.5 Å². The number of amides is 2. The van der Waals surface area contributed by atoms with Crippen molar-refractivity contribution in [2.75, 3.05) is 24.5 Å². The van der Waals surface area contributed by atoms with Crippen LogP contribution >= 0.6 is 34.8 Å². The van der Waals surface area contributed by atoms with Crippen LogP contribution in [0.1, 0.15) is 25.0 Å². The number of sulfonamides is 1. The fraction of sp³-hybridized carbons (Fsp3) is 0.257. The van der Waals surface area contributed by atoms with Crippen LogP contribution in [0.15, 0.2) is 102 Å². The Morgan fingerprint density at radius 1 is 0.851 bits per heavy atom. The lowest BCUT2D eigenvalue weighted by Crippen LogP contribution is -2.53. The van der Waals surface area contributed by atoms with Crippen LogP contribution in [0.5, 0.6) is 5.75 Å². The Bertz CT molecular complexity index is 1790. The first-order valence-electron chi connectivity index (χ1n) is 14.9. The predicted octanol–water partition coefficient (Wildman–Crippen LogP) is 7.26. The largest absolute Gasteiger partial charge is 0.495 e. The minimum Gasteiger partial charge on any atom is -0.495 e. The summed E-state index contributed by atoms with van der Waals surface area (Å²) < 4.78 is 34.9. The van der Waals surface area contributed by atoms with Gasteiger partial charge in [0.25, 0.3) is 10.0 Å². The zero-order valence-corrected chi connectivity index (χ0v) is 29.3. The minimum absolute atomic E-state index is 0.0439. The van der Waals surface area contributed by atoms with E-state index in [0.717, 1.165) is 9.87 Å². The second-order valence-corrected chi connectivity index (χ2v) is 14.4. The molecular formula is C35H36Cl3N3O5S. The summed E-state index contributed by atoms with van der Waals surface area (Å²) in [5.74, 6) is -0.713. The quantitative estimate of drug-likeness (QED) is 0.148. The molecule has 0 heterocycles. The van der Waals surface area contributed by atoms with E-state index in [-0.39, 0.29) is 40.2 Å². The molecule has 4 aromatic rings. The van der Waals surface area contributed by atoms with Crippen molar-refractivity contribution in [3.63, 3.8) is 0 Å². The molecule has 2 amide bonds. The topological polar surface area (TPSA) is 96.0 Å². The Hall–Kier alpha value is -3.76. The summed E-state index contributed by atoms with van der Waals surface area (Å²) in [4.78, 5) is 29.9. The number of benzene rings is 4. The normalized spacial score (nSPS) is 12.0. The van der Waals surface area contributed by atoms with Crippen LogP contribution < -0.4 is 14.4 Å².